The van der Waals surface area contributed by atoms with Gasteiger partial charge in [0.05, 0.1) is 11.2 Å². The van der Waals surface area contributed by atoms with Crippen LogP contribution in [0.15, 0.2) is 57.5 Å². The number of aryl methyl sites for hydroxylation is 1. The topological polar surface area (TPSA) is 130 Å². The summed E-state index contributed by atoms with van der Waals surface area (Å²) in [5.74, 6) is -0.247. The Hall–Kier alpha value is -3.96. The number of halogens is 1. The Morgan fingerprint density at radius 1 is 1.14 bits per heavy atom. The van der Waals surface area contributed by atoms with Crippen molar-refractivity contribution in [2.24, 2.45) is 10.2 Å². The van der Waals surface area contributed by atoms with Gasteiger partial charge in [0.1, 0.15) is 11.6 Å². The molecule has 0 saturated heterocycles. The lowest BCUT2D eigenvalue weighted by Crippen LogP contribution is -2.13. The molecule has 8 nitrogen and oxygen atoms in total. The lowest BCUT2D eigenvalue weighted by atomic mass is 10.1. The summed E-state index contributed by atoms with van der Waals surface area (Å²) in [5, 5.41) is 28.7. The second-order valence-electron chi connectivity index (χ2n) is 6.30. The zero-order valence-corrected chi connectivity index (χ0v) is 15.8. The van der Waals surface area contributed by atoms with Crippen LogP contribution < -0.4 is 5.56 Å². The molecule has 2 aromatic carbocycles. The first-order valence-corrected chi connectivity index (χ1v) is 8.87. The number of rotatable bonds is 3. The summed E-state index contributed by atoms with van der Waals surface area (Å²) in [6, 6.07) is 14.0. The molecule has 0 amide bonds. The van der Waals surface area contributed by atoms with E-state index in [9.17, 15) is 15.2 Å². The van der Waals surface area contributed by atoms with E-state index in [0.29, 0.717) is 21.5 Å². The Balaban J connectivity index is 1.82. The minimum absolute atomic E-state index is 0.0969. The van der Waals surface area contributed by atoms with Crippen molar-refractivity contribution >= 4 is 34.1 Å². The van der Waals surface area contributed by atoms with Gasteiger partial charge in [0.15, 0.2) is 5.69 Å². The van der Waals surface area contributed by atoms with Gasteiger partial charge in [-0.2, -0.15) is 5.26 Å². The molecule has 0 aliphatic rings. The highest BCUT2D eigenvalue weighted by Gasteiger charge is 2.14. The van der Waals surface area contributed by atoms with Crippen molar-refractivity contribution in [1.29, 1.82) is 5.26 Å². The number of hydrogen-bond acceptors (Lipinski definition) is 6. The fourth-order valence-electron chi connectivity index (χ4n) is 2.90. The quantitative estimate of drug-likeness (QED) is 0.420. The fraction of sp³-hybridized carbons (Fsp3) is 0.0500. The van der Waals surface area contributed by atoms with Crippen molar-refractivity contribution in [3.63, 3.8) is 0 Å². The molecule has 0 aliphatic carbocycles. The smallest absolute Gasteiger partial charge is 0.270 e. The molecule has 4 rings (SSSR count). The number of hydrogen-bond donors (Lipinski definition) is 3. The van der Waals surface area contributed by atoms with E-state index in [1.807, 2.05) is 31.2 Å². The summed E-state index contributed by atoms with van der Waals surface area (Å²) in [5.41, 5.74) is 1.84. The van der Waals surface area contributed by atoms with E-state index in [4.69, 9.17) is 11.6 Å². The average molecular weight is 405 g/mol. The van der Waals surface area contributed by atoms with E-state index in [1.165, 1.54) is 0 Å². The Labute approximate surface area is 169 Å². The van der Waals surface area contributed by atoms with Crippen LogP contribution in [-0.2, 0) is 0 Å². The molecule has 0 bridgehead atoms. The van der Waals surface area contributed by atoms with Gasteiger partial charge in [-0.1, -0.05) is 35.4 Å². The van der Waals surface area contributed by atoms with Crippen molar-refractivity contribution in [3.05, 3.63) is 69.0 Å². The van der Waals surface area contributed by atoms with Crippen LogP contribution in [0.5, 0.6) is 5.88 Å². The normalized spacial score (nSPS) is 11.2. The number of azo groups is 1. The van der Waals surface area contributed by atoms with E-state index < -0.39 is 5.56 Å². The van der Waals surface area contributed by atoms with Crippen LogP contribution in [-0.4, -0.2) is 20.1 Å². The van der Waals surface area contributed by atoms with Crippen LogP contribution >= 0.6 is 11.6 Å². The highest BCUT2D eigenvalue weighted by atomic mass is 35.5. The lowest BCUT2D eigenvalue weighted by Gasteiger charge is -2.04. The number of aromatic nitrogens is 3. The first-order valence-electron chi connectivity index (χ1n) is 8.49. The molecule has 2 heterocycles. The van der Waals surface area contributed by atoms with E-state index in [0.717, 1.165) is 5.56 Å². The Morgan fingerprint density at radius 3 is 2.62 bits per heavy atom. The molecule has 0 fully saturated rings. The third-order valence-electron chi connectivity index (χ3n) is 4.29. The highest BCUT2D eigenvalue weighted by molar-refractivity contribution is 6.30. The highest BCUT2D eigenvalue weighted by Crippen LogP contribution is 2.36. The predicted molar refractivity (Wildman–Crippen MR) is 109 cm³/mol. The number of fused-ring (bicyclic) bond motifs is 1. The van der Waals surface area contributed by atoms with Gasteiger partial charge in [0.2, 0.25) is 11.8 Å². The summed E-state index contributed by atoms with van der Waals surface area (Å²) in [6.45, 7) is 1.92. The van der Waals surface area contributed by atoms with Gasteiger partial charge >= 0.3 is 0 Å². The number of nitriles is 1. The standard InChI is InChI=1S/C20H13ClN6O2/c1-10-2-7-15-13(8-10)17(19(29)23-15)26-27-20-24-16(14(9-22)18(28)25-20)11-3-5-12(21)6-4-11/h2-8,23,29H,1H3,(H,24,25,28). The second-order valence-corrected chi connectivity index (χ2v) is 6.74. The summed E-state index contributed by atoms with van der Waals surface area (Å²) in [6.07, 6.45) is 0. The predicted octanol–water partition coefficient (Wildman–Crippen LogP) is 4.87. The fourth-order valence-corrected chi connectivity index (χ4v) is 3.03. The van der Waals surface area contributed by atoms with Crippen molar-refractivity contribution in [1.82, 2.24) is 15.0 Å². The molecular weight excluding hydrogens is 392 g/mol. The molecule has 0 radical (unpaired) electrons. The maximum absolute atomic E-state index is 12.3. The van der Waals surface area contributed by atoms with Crippen molar-refractivity contribution in [2.75, 3.05) is 0 Å². The van der Waals surface area contributed by atoms with Gasteiger partial charge in [-0.15, -0.1) is 10.2 Å². The summed E-state index contributed by atoms with van der Waals surface area (Å²) in [4.78, 5) is 21.8. The number of aromatic hydroxyl groups is 1. The van der Waals surface area contributed by atoms with Crippen LogP contribution in [0.2, 0.25) is 5.02 Å². The maximum atomic E-state index is 12.3. The first kappa shape index (κ1) is 18.4. The van der Waals surface area contributed by atoms with E-state index in [-0.39, 0.29) is 28.8 Å². The molecule has 3 N–H and O–H groups in total. The van der Waals surface area contributed by atoms with Crippen LogP contribution in [0.3, 0.4) is 0 Å². The van der Waals surface area contributed by atoms with E-state index in [2.05, 4.69) is 25.2 Å². The third-order valence-corrected chi connectivity index (χ3v) is 4.54. The van der Waals surface area contributed by atoms with Gasteiger partial charge in [0, 0.05) is 16.0 Å². The maximum Gasteiger partial charge on any atom is 0.270 e. The summed E-state index contributed by atoms with van der Waals surface area (Å²) >= 11 is 5.90. The summed E-state index contributed by atoms with van der Waals surface area (Å²) < 4.78 is 0. The Morgan fingerprint density at radius 2 is 1.90 bits per heavy atom. The number of H-pyrrole nitrogens is 2. The van der Waals surface area contributed by atoms with Gasteiger partial charge in [-0.3, -0.25) is 9.78 Å². The van der Waals surface area contributed by atoms with Crippen molar-refractivity contribution in [3.8, 4) is 23.2 Å². The number of nitrogens with one attached hydrogen (secondary N) is 2. The number of aromatic amines is 2. The number of benzene rings is 2. The average Bonchev–Trinajstić information content (AvgIpc) is 3.01. The SMILES string of the molecule is Cc1ccc2[nH]c(O)c(N=Nc3nc(-c4ccc(Cl)cc4)c(C#N)c(=O)[nH]3)c2c1. The minimum Gasteiger partial charge on any atom is -0.493 e. The first-order chi connectivity index (χ1) is 14.0. The van der Waals surface area contributed by atoms with E-state index >= 15 is 0 Å². The molecular formula is C20H13ClN6O2. The molecule has 0 saturated carbocycles. The molecule has 0 atom stereocenters. The monoisotopic (exact) mass is 404 g/mol. The Bertz CT molecular complexity index is 1360. The van der Waals surface area contributed by atoms with Gasteiger partial charge < -0.3 is 10.1 Å². The summed E-state index contributed by atoms with van der Waals surface area (Å²) in [7, 11) is 0. The molecule has 4 aromatic rings. The zero-order valence-electron chi connectivity index (χ0n) is 15.1. The molecule has 2 aromatic heterocycles. The lowest BCUT2D eigenvalue weighted by molar-refractivity contribution is 0.459. The van der Waals surface area contributed by atoms with E-state index in [1.54, 1.807) is 24.3 Å². The van der Waals surface area contributed by atoms with Crippen LogP contribution in [0.25, 0.3) is 22.2 Å². The molecule has 0 spiro atoms. The van der Waals surface area contributed by atoms with Crippen molar-refractivity contribution < 1.29 is 5.11 Å². The Kier molecular flexibility index (Phi) is 4.58. The van der Waals surface area contributed by atoms with Crippen LogP contribution in [0.4, 0.5) is 11.6 Å². The zero-order chi connectivity index (χ0) is 20.5. The van der Waals surface area contributed by atoms with Crippen LogP contribution in [0, 0.1) is 18.3 Å². The molecule has 29 heavy (non-hydrogen) atoms. The van der Waals surface area contributed by atoms with Crippen molar-refractivity contribution in [2.45, 2.75) is 6.92 Å². The number of nitrogens with zero attached hydrogens (tertiary/aromatic N) is 4. The molecule has 9 heteroatoms. The van der Waals surface area contributed by atoms with Gasteiger partial charge in [-0.05, 0) is 31.2 Å². The molecule has 0 aliphatic heterocycles. The third kappa shape index (κ3) is 3.47. The van der Waals surface area contributed by atoms with Gasteiger partial charge in [-0.25, -0.2) is 4.98 Å². The largest absolute Gasteiger partial charge is 0.493 e. The van der Waals surface area contributed by atoms with Crippen LogP contribution in [0.1, 0.15) is 11.1 Å². The van der Waals surface area contributed by atoms with Gasteiger partial charge in [0.25, 0.3) is 5.56 Å². The molecule has 0 unspecified atom stereocenters. The molecule has 142 valence electrons. The minimum atomic E-state index is -0.639. The second kappa shape index (κ2) is 7.22.